The van der Waals surface area contributed by atoms with Crippen molar-refractivity contribution >= 4 is 11.7 Å². The number of esters is 1. The van der Waals surface area contributed by atoms with Crippen LogP contribution in [0.3, 0.4) is 0 Å². The Morgan fingerprint density at radius 2 is 2.17 bits per heavy atom. The minimum Gasteiger partial charge on any atom is -0.465 e. The Morgan fingerprint density at radius 1 is 1.50 bits per heavy atom. The maximum atomic E-state index is 13.9. The van der Waals surface area contributed by atoms with Crippen molar-refractivity contribution in [3.8, 4) is 0 Å². The summed E-state index contributed by atoms with van der Waals surface area (Å²) >= 11 is 0. The summed E-state index contributed by atoms with van der Waals surface area (Å²) in [5, 5.41) is 0. The minimum atomic E-state index is -1.08. The van der Waals surface area contributed by atoms with Crippen molar-refractivity contribution < 1.29 is 13.9 Å². The Balaban J connectivity index is 3.21. The molecule has 100 valence electrons. The van der Waals surface area contributed by atoms with Gasteiger partial charge in [-0.05, 0) is 38.9 Å². The van der Waals surface area contributed by atoms with Crippen LogP contribution < -0.4 is 11.5 Å². The first-order valence-electron chi connectivity index (χ1n) is 5.88. The molecule has 5 heteroatoms. The highest BCUT2D eigenvalue weighted by Gasteiger charge is 2.38. The fraction of sp³-hybridized carbons (Fsp3) is 0.462. The summed E-state index contributed by atoms with van der Waals surface area (Å²) in [7, 11) is 0. The molecule has 0 fully saturated rings. The molecule has 1 atom stereocenters. The van der Waals surface area contributed by atoms with Crippen molar-refractivity contribution in [2.24, 2.45) is 5.73 Å². The molecule has 0 aliphatic rings. The van der Waals surface area contributed by atoms with E-state index in [-0.39, 0.29) is 18.7 Å². The van der Waals surface area contributed by atoms with Crippen molar-refractivity contribution in [1.29, 1.82) is 0 Å². The largest absolute Gasteiger partial charge is 0.465 e. The molecule has 1 unspecified atom stereocenters. The molecule has 0 spiro atoms. The van der Waals surface area contributed by atoms with Gasteiger partial charge >= 0.3 is 5.97 Å². The molecule has 0 bridgehead atoms. The molecule has 1 aromatic carbocycles. The third-order valence-electron chi connectivity index (χ3n) is 2.96. The zero-order valence-corrected chi connectivity index (χ0v) is 10.7. The van der Waals surface area contributed by atoms with Gasteiger partial charge in [0.1, 0.15) is 5.82 Å². The molecule has 18 heavy (non-hydrogen) atoms. The second kappa shape index (κ2) is 5.82. The quantitative estimate of drug-likeness (QED) is 0.617. The summed E-state index contributed by atoms with van der Waals surface area (Å²) < 4.78 is 18.9. The number of ether oxygens (including phenoxy) is 1. The van der Waals surface area contributed by atoms with E-state index in [9.17, 15) is 9.18 Å². The number of nitrogens with two attached hydrogens (primary N) is 2. The van der Waals surface area contributed by atoms with E-state index < -0.39 is 17.2 Å². The average molecular weight is 254 g/mol. The Hall–Kier alpha value is -1.62. The third-order valence-corrected chi connectivity index (χ3v) is 2.96. The van der Waals surface area contributed by atoms with Crippen molar-refractivity contribution in [3.63, 3.8) is 0 Å². The summed E-state index contributed by atoms with van der Waals surface area (Å²) in [6.45, 7) is 3.85. The Labute approximate surface area is 106 Å². The lowest BCUT2D eigenvalue weighted by atomic mass is 9.79. The first kappa shape index (κ1) is 14.4. The van der Waals surface area contributed by atoms with Crippen LogP contribution in [-0.4, -0.2) is 19.1 Å². The van der Waals surface area contributed by atoms with Crippen LogP contribution in [-0.2, 0) is 14.9 Å². The highest BCUT2D eigenvalue weighted by Crippen LogP contribution is 2.31. The summed E-state index contributed by atoms with van der Waals surface area (Å²) in [5.74, 6) is -0.988. The molecular weight excluding hydrogens is 235 g/mol. The van der Waals surface area contributed by atoms with Gasteiger partial charge < -0.3 is 16.2 Å². The number of halogens is 1. The van der Waals surface area contributed by atoms with E-state index in [2.05, 4.69) is 0 Å². The normalized spacial score (nSPS) is 14.0. The van der Waals surface area contributed by atoms with Gasteiger partial charge in [-0.1, -0.05) is 6.07 Å². The minimum absolute atomic E-state index is 0.246. The molecule has 0 heterocycles. The van der Waals surface area contributed by atoms with Crippen LogP contribution >= 0.6 is 0 Å². The second-order valence-corrected chi connectivity index (χ2v) is 4.33. The summed E-state index contributed by atoms with van der Waals surface area (Å²) in [6.07, 6.45) is 0.312. The van der Waals surface area contributed by atoms with Crippen LogP contribution in [0.2, 0.25) is 0 Å². The van der Waals surface area contributed by atoms with Crippen LogP contribution in [0.1, 0.15) is 25.8 Å². The molecule has 1 rings (SSSR count). The SMILES string of the molecule is CCOC(=O)C(C)(CCN)c1ccc(N)cc1F. The van der Waals surface area contributed by atoms with Gasteiger partial charge in [-0.2, -0.15) is 0 Å². The number of anilines is 1. The van der Waals surface area contributed by atoms with E-state index >= 15 is 0 Å². The summed E-state index contributed by atoms with van der Waals surface area (Å²) in [5.41, 5.74) is 10.5. The van der Waals surface area contributed by atoms with Gasteiger partial charge in [-0.25, -0.2) is 4.39 Å². The Bertz CT molecular complexity index is 437. The number of carbonyl (C=O) groups is 1. The topological polar surface area (TPSA) is 78.3 Å². The van der Waals surface area contributed by atoms with E-state index in [4.69, 9.17) is 16.2 Å². The van der Waals surface area contributed by atoms with E-state index in [1.165, 1.54) is 12.1 Å². The molecule has 0 saturated carbocycles. The maximum Gasteiger partial charge on any atom is 0.316 e. The summed E-state index contributed by atoms with van der Waals surface area (Å²) in [6, 6.07) is 4.27. The first-order valence-corrected chi connectivity index (χ1v) is 5.88. The van der Waals surface area contributed by atoms with E-state index in [1.807, 2.05) is 0 Å². The zero-order valence-electron chi connectivity index (χ0n) is 10.7. The van der Waals surface area contributed by atoms with Crippen molar-refractivity contribution in [3.05, 3.63) is 29.6 Å². The molecule has 0 saturated heterocycles. The van der Waals surface area contributed by atoms with Gasteiger partial charge in [0.2, 0.25) is 0 Å². The van der Waals surface area contributed by atoms with Crippen LogP contribution in [0.25, 0.3) is 0 Å². The molecule has 0 amide bonds. The number of hydrogen-bond donors (Lipinski definition) is 2. The molecule has 0 aliphatic carbocycles. The molecular formula is C13H19FN2O2. The lowest BCUT2D eigenvalue weighted by Gasteiger charge is -2.27. The first-order chi connectivity index (χ1) is 8.45. The highest BCUT2D eigenvalue weighted by atomic mass is 19.1. The van der Waals surface area contributed by atoms with Crippen LogP contribution in [0.4, 0.5) is 10.1 Å². The van der Waals surface area contributed by atoms with Crippen molar-refractivity contribution in [2.45, 2.75) is 25.7 Å². The molecule has 0 radical (unpaired) electrons. The molecule has 1 aromatic rings. The van der Waals surface area contributed by atoms with Crippen molar-refractivity contribution in [1.82, 2.24) is 0 Å². The van der Waals surface area contributed by atoms with Gasteiger partial charge in [-0.15, -0.1) is 0 Å². The number of carbonyl (C=O) groups excluding carboxylic acids is 1. The zero-order chi connectivity index (χ0) is 13.8. The molecule has 0 aliphatic heterocycles. The highest BCUT2D eigenvalue weighted by molar-refractivity contribution is 5.83. The number of nitrogen functional groups attached to an aromatic ring is 1. The van der Waals surface area contributed by atoms with E-state index in [0.29, 0.717) is 12.1 Å². The molecule has 4 nitrogen and oxygen atoms in total. The van der Waals surface area contributed by atoms with Crippen LogP contribution in [0.5, 0.6) is 0 Å². The lowest BCUT2D eigenvalue weighted by Crippen LogP contribution is -2.37. The fourth-order valence-corrected chi connectivity index (χ4v) is 1.90. The van der Waals surface area contributed by atoms with E-state index in [0.717, 1.165) is 0 Å². The standard InChI is InChI=1S/C13H19FN2O2/c1-3-18-12(17)13(2,6-7-15)10-5-4-9(16)8-11(10)14/h4-5,8H,3,6-7,15-16H2,1-2H3. The monoisotopic (exact) mass is 254 g/mol. The van der Waals surface area contributed by atoms with Crippen LogP contribution in [0, 0.1) is 5.82 Å². The van der Waals surface area contributed by atoms with Crippen LogP contribution in [0.15, 0.2) is 18.2 Å². The van der Waals surface area contributed by atoms with E-state index in [1.54, 1.807) is 19.9 Å². The number of benzene rings is 1. The van der Waals surface area contributed by atoms with Crippen molar-refractivity contribution in [2.75, 3.05) is 18.9 Å². The lowest BCUT2D eigenvalue weighted by molar-refractivity contribution is -0.149. The number of hydrogen-bond acceptors (Lipinski definition) is 4. The Morgan fingerprint density at radius 3 is 2.67 bits per heavy atom. The third kappa shape index (κ3) is 2.79. The Kier molecular flexibility index (Phi) is 4.67. The molecule has 0 aromatic heterocycles. The summed E-state index contributed by atoms with van der Waals surface area (Å²) in [4.78, 5) is 12.0. The smallest absolute Gasteiger partial charge is 0.316 e. The predicted molar refractivity (Wildman–Crippen MR) is 68.5 cm³/mol. The fourth-order valence-electron chi connectivity index (χ4n) is 1.90. The van der Waals surface area contributed by atoms with Gasteiger partial charge in [0, 0.05) is 11.3 Å². The van der Waals surface area contributed by atoms with Gasteiger partial charge in [-0.3, -0.25) is 4.79 Å². The molecule has 4 N–H and O–H groups in total. The second-order valence-electron chi connectivity index (χ2n) is 4.33. The van der Waals surface area contributed by atoms with Gasteiger partial charge in [0.25, 0.3) is 0 Å². The van der Waals surface area contributed by atoms with Gasteiger partial charge in [0.15, 0.2) is 0 Å². The van der Waals surface area contributed by atoms with Gasteiger partial charge in [0.05, 0.1) is 12.0 Å². The number of rotatable bonds is 5. The predicted octanol–water partition coefficient (Wildman–Crippen LogP) is 1.58. The average Bonchev–Trinajstić information content (AvgIpc) is 2.29. The maximum absolute atomic E-state index is 13.9.